The van der Waals surface area contributed by atoms with Gasteiger partial charge in [-0.25, -0.2) is 0 Å². The molecule has 0 N–H and O–H groups in total. The van der Waals surface area contributed by atoms with E-state index in [1.54, 1.807) is 4.88 Å². The Bertz CT molecular complexity index is 600. The minimum atomic E-state index is 0.0866. The molecule has 2 aromatic rings. The highest BCUT2D eigenvalue weighted by Crippen LogP contribution is 2.32. The second kappa shape index (κ2) is 12.7. The Morgan fingerprint density at radius 1 is 0.889 bits per heavy atom. The Labute approximate surface area is 172 Å². The van der Waals surface area contributed by atoms with Crippen molar-refractivity contribution in [2.45, 2.75) is 83.3 Å². The van der Waals surface area contributed by atoms with Crippen molar-refractivity contribution in [2.24, 2.45) is 0 Å². The number of thiophene rings is 2. The first-order chi connectivity index (χ1) is 13.4. The highest BCUT2D eigenvalue weighted by Gasteiger charge is 2.13. The van der Waals surface area contributed by atoms with Gasteiger partial charge in [0, 0.05) is 27.8 Å². The zero-order valence-corrected chi connectivity index (χ0v) is 18.1. The van der Waals surface area contributed by atoms with Crippen LogP contribution in [-0.4, -0.2) is 19.5 Å². The normalized spacial score (nSPS) is 17.4. The Hall–Kier alpha value is -0.680. The van der Waals surface area contributed by atoms with Gasteiger partial charge < -0.3 is 9.47 Å². The lowest BCUT2D eigenvalue weighted by Gasteiger charge is -2.22. The van der Waals surface area contributed by atoms with Crippen LogP contribution < -0.4 is 0 Å². The SMILES string of the molecule is c1csc(-c2ccc(CCCCCCCCCCOC3CCCCO3)s2)c1. The van der Waals surface area contributed by atoms with E-state index in [2.05, 4.69) is 29.6 Å². The van der Waals surface area contributed by atoms with Gasteiger partial charge >= 0.3 is 0 Å². The van der Waals surface area contributed by atoms with Crippen molar-refractivity contribution in [3.63, 3.8) is 0 Å². The maximum atomic E-state index is 5.79. The summed E-state index contributed by atoms with van der Waals surface area (Å²) in [7, 11) is 0. The molecule has 1 fully saturated rings. The van der Waals surface area contributed by atoms with E-state index in [0.717, 1.165) is 19.6 Å². The molecule has 0 aliphatic carbocycles. The third kappa shape index (κ3) is 8.06. The van der Waals surface area contributed by atoms with E-state index in [0.29, 0.717) is 0 Å². The molecule has 1 aliphatic rings. The van der Waals surface area contributed by atoms with Crippen molar-refractivity contribution in [1.82, 2.24) is 0 Å². The molecule has 0 bridgehead atoms. The summed E-state index contributed by atoms with van der Waals surface area (Å²) >= 11 is 3.81. The molecule has 0 spiro atoms. The molecule has 1 aliphatic heterocycles. The highest BCUT2D eigenvalue weighted by atomic mass is 32.1. The molecule has 2 aromatic heterocycles. The van der Waals surface area contributed by atoms with E-state index < -0.39 is 0 Å². The van der Waals surface area contributed by atoms with Crippen LogP contribution in [0.15, 0.2) is 29.6 Å². The summed E-state index contributed by atoms with van der Waals surface area (Å²) in [5, 5.41) is 2.16. The fraction of sp³-hybridized carbons (Fsp3) is 0.652. The predicted octanol–water partition coefficient (Wildman–Crippen LogP) is 7.68. The molecule has 1 atom stereocenters. The number of hydrogen-bond acceptors (Lipinski definition) is 4. The summed E-state index contributed by atoms with van der Waals surface area (Å²) in [6.45, 7) is 1.76. The summed E-state index contributed by atoms with van der Waals surface area (Å²) in [5.41, 5.74) is 0. The molecule has 0 radical (unpaired) electrons. The second-order valence-electron chi connectivity index (χ2n) is 7.49. The monoisotopic (exact) mass is 406 g/mol. The van der Waals surface area contributed by atoms with Crippen LogP contribution in [0.25, 0.3) is 9.75 Å². The number of hydrogen-bond donors (Lipinski definition) is 0. The summed E-state index contributed by atoms with van der Waals surface area (Å²) in [5.74, 6) is 0. The van der Waals surface area contributed by atoms with Crippen LogP contribution in [-0.2, 0) is 15.9 Å². The zero-order chi connectivity index (χ0) is 18.6. The lowest BCUT2D eigenvalue weighted by atomic mass is 10.1. The first kappa shape index (κ1) is 21.0. The van der Waals surface area contributed by atoms with Crippen LogP contribution in [0, 0.1) is 0 Å². The molecule has 0 aromatic carbocycles. The van der Waals surface area contributed by atoms with Crippen LogP contribution in [0.1, 0.15) is 75.5 Å². The average Bonchev–Trinajstić information content (AvgIpc) is 3.38. The lowest BCUT2D eigenvalue weighted by molar-refractivity contribution is -0.162. The summed E-state index contributed by atoms with van der Waals surface area (Å²) in [6.07, 6.45) is 15.6. The third-order valence-electron chi connectivity index (χ3n) is 5.18. The molecule has 2 nitrogen and oxygen atoms in total. The van der Waals surface area contributed by atoms with Crippen molar-refractivity contribution in [3.8, 4) is 9.75 Å². The first-order valence-corrected chi connectivity index (χ1v) is 12.5. The van der Waals surface area contributed by atoms with E-state index in [-0.39, 0.29) is 6.29 Å². The maximum Gasteiger partial charge on any atom is 0.157 e. The largest absolute Gasteiger partial charge is 0.353 e. The summed E-state index contributed by atoms with van der Waals surface area (Å²) in [6, 6.07) is 8.96. The number of aryl methyl sites for hydroxylation is 1. The van der Waals surface area contributed by atoms with Gasteiger partial charge in [-0.15, -0.1) is 22.7 Å². The average molecular weight is 407 g/mol. The lowest BCUT2D eigenvalue weighted by Crippen LogP contribution is -2.22. The highest BCUT2D eigenvalue weighted by molar-refractivity contribution is 7.21. The molecule has 1 unspecified atom stereocenters. The van der Waals surface area contributed by atoms with E-state index in [4.69, 9.17) is 9.47 Å². The van der Waals surface area contributed by atoms with Gasteiger partial charge in [0.15, 0.2) is 6.29 Å². The Morgan fingerprint density at radius 2 is 1.70 bits per heavy atom. The van der Waals surface area contributed by atoms with Crippen LogP contribution in [0.2, 0.25) is 0 Å². The zero-order valence-electron chi connectivity index (χ0n) is 16.5. The van der Waals surface area contributed by atoms with Gasteiger partial charge in [-0.3, -0.25) is 0 Å². The van der Waals surface area contributed by atoms with Crippen molar-refractivity contribution < 1.29 is 9.47 Å². The molecule has 27 heavy (non-hydrogen) atoms. The minimum Gasteiger partial charge on any atom is -0.353 e. The van der Waals surface area contributed by atoms with Crippen LogP contribution in [0.3, 0.4) is 0 Å². The molecular formula is C23H34O2S2. The number of rotatable bonds is 13. The Balaban J connectivity index is 1.11. The van der Waals surface area contributed by atoms with Gasteiger partial charge in [-0.1, -0.05) is 44.6 Å². The van der Waals surface area contributed by atoms with Crippen molar-refractivity contribution in [2.75, 3.05) is 13.2 Å². The van der Waals surface area contributed by atoms with Gasteiger partial charge in [0.05, 0.1) is 0 Å². The first-order valence-electron chi connectivity index (χ1n) is 10.8. The van der Waals surface area contributed by atoms with Gasteiger partial charge in [-0.05, 0) is 62.1 Å². The van der Waals surface area contributed by atoms with E-state index in [9.17, 15) is 0 Å². The van der Waals surface area contributed by atoms with Gasteiger partial charge in [0.1, 0.15) is 0 Å². The van der Waals surface area contributed by atoms with E-state index in [1.165, 1.54) is 80.4 Å². The Morgan fingerprint density at radius 3 is 2.44 bits per heavy atom. The second-order valence-corrected chi connectivity index (χ2v) is 9.60. The van der Waals surface area contributed by atoms with Crippen LogP contribution in [0.4, 0.5) is 0 Å². The molecule has 0 amide bonds. The molecule has 3 rings (SSSR count). The molecular weight excluding hydrogens is 372 g/mol. The third-order valence-corrected chi connectivity index (χ3v) is 7.40. The molecule has 3 heterocycles. The van der Waals surface area contributed by atoms with Gasteiger partial charge in [0.25, 0.3) is 0 Å². The Kier molecular flexibility index (Phi) is 9.91. The summed E-state index contributed by atoms with van der Waals surface area (Å²) < 4.78 is 11.4. The maximum absolute atomic E-state index is 5.79. The molecule has 4 heteroatoms. The quantitative estimate of drug-likeness (QED) is 0.317. The molecule has 150 valence electrons. The van der Waals surface area contributed by atoms with E-state index in [1.807, 2.05) is 22.7 Å². The standard InChI is InChI=1S/C23H34O2S2/c1(2-4-6-9-17-24-23-14-8-10-18-25-23)3-5-7-12-20-15-16-22(27-20)21-13-11-19-26-21/h11,13,15-16,19,23H,1-10,12,14,17-18H2. The predicted molar refractivity (Wildman–Crippen MR) is 118 cm³/mol. The smallest absolute Gasteiger partial charge is 0.157 e. The summed E-state index contributed by atoms with van der Waals surface area (Å²) in [4.78, 5) is 4.38. The van der Waals surface area contributed by atoms with Crippen molar-refractivity contribution >= 4 is 22.7 Å². The molecule has 0 saturated carbocycles. The fourth-order valence-corrected chi connectivity index (χ4v) is 5.47. The number of ether oxygens (including phenoxy) is 2. The van der Waals surface area contributed by atoms with Gasteiger partial charge in [0.2, 0.25) is 0 Å². The fourth-order valence-electron chi connectivity index (χ4n) is 3.58. The van der Waals surface area contributed by atoms with E-state index >= 15 is 0 Å². The van der Waals surface area contributed by atoms with Crippen molar-refractivity contribution in [3.05, 3.63) is 34.5 Å². The topological polar surface area (TPSA) is 18.5 Å². The minimum absolute atomic E-state index is 0.0866. The van der Waals surface area contributed by atoms with Crippen LogP contribution in [0.5, 0.6) is 0 Å². The number of unbranched alkanes of at least 4 members (excludes halogenated alkanes) is 7. The molecule has 1 saturated heterocycles. The van der Waals surface area contributed by atoms with Crippen molar-refractivity contribution in [1.29, 1.82) is 0 Å². The van der Waals surface area contributed by atoms with Gasteiger partial charge in [-0.2, -0.15) is 0 Å². The van der Waals surface area contributed by atoms with Crippen LogP contribution >= 0.6 is 22.7 Å².